The Balaban J connectivity index is 0.00000420. The van der Waals surface area contributed by atoms with E-state index in [1.54, 1.807) is 14.2 Å². The molecule has 2 N–H and O–H groups in total. The number of hydrogen-bond acceptors (Lipinski definition) is 5. The van der Waals surface area contributed by atoms with Crippen molar-refractivity contribution in [2.75, 3.05) is 60.7 Å². The molecule has 2 rings (SSSR count). The summed E-state index contributed by atoms with van der Waals surface area (Å²) in [6.07, 6.45) is 1.11. The molecule has 1 aromatic rings. The molecule has 1 fully saturated rings. The molecule has 0 amide bonds. The zero-order chi connectivity index (χ0) is 20.4. The third kappa shape index (κ3) is 8.18. The van der Waals surface area contributed by atoms with Gasteiger partial charge in [0.15, 0.2) is 17.5 Å². The normalized spacial score (nSPS) is 16.1. The Bertz CT molecular complexity index is 622. The summed E-state index contributed by atoms with van der Waals surface area (Å²) in [7, 11) is 5.14. The van der Waals surface area contributed by atoms with Gasteiger partial charge >= 0.3 is 0 Å². The Morgan fingerprint density at radius 3 is 2.41 bits per heavy atom. The van der Waals surface area contributed by atoms with Crippen LogP contribution in [0.5, 0.6) is 11.5 Å². The van der Waals surface area contributed by atoms with E-state index in [1.807, 2.05) is 13.1 Å². The highest BCUT2D eigenvalue weighted by Crippen LogP contribution is 2.32. The van der Waals surface area contributed by atoms with Crippen LogP contribution in [0.25, 0.3) is 0 Å². The SMILES string of the molecule is CN=C(NCCC(C)C)NCC(c1ccc(OC)c(OC)c1)N1CCOCC1.I. The second kappa shape index (κ2) is 13.9. The minimum atomic E-state index is 0. The molecule has 8 heteroatoms. The van der Waals surface area contributed by atoms with Gasteiger partial charge in [-0.3, -0.25) is 9.89 Å². The average molecular weight is 520 g/mol. The molecule has 1 atom stereocenters. The summed E-state index contributed by atoms with van der Waals surface area (Å²) in [4.78, 5) is 6.81. The summed E-state index contributed by atoms with van der Waals surface area (Å²) >= 11 is 0. The summed E-state index contributed by atoms with van der Waals surface area (Å²) in [5.74, 6) is 2.99. The van der Waals surface area contributed by atoms with Gasteiger partial charge in [0.05, 0.1) is 33.5 Å². The molecule has 0 saturated carbocycles. The Hall–Kier alpha value is -1.26. The molecule has 0 spiro atoms. The Labute approximate surface area is 192 Å². The Kier molecular flexibility index (Phi) is 12.3. The smallest absolute Gasteiger partial charge is 0.191 e. The van der Waals surface area contributed by atoms with Crippen molar-refractivity contribution in [2.45, 2.75) is 26.3 Å². The number of morpholine rings is 1. The maximum atomic E-state index is 5.55. The van der Waals surface area contributed by atoms with Crippen LogP contribution in [-0.4, -0.2) is 71.5 Å². The Morgan fingerprint density at radius 2 is 1.83 bits per heavy atom. The molecule has 0 radical (unpaired) electrons. The van der Waals surface area contributed by atoms with E-state index in [4.69, 9.17) is 14.2 Å². The highest BCUT2D eigenvalue weighted by Gasteiger charge is 2.24. The highest BCUT2D eigenvalue weighted by atomic mass is 127. The number of rotatable bonds is 9. The van der Waals surface area contributed by atoms with Crippen LogP contribution < -0.4 is 20.1 Å². The fourth-order valence-corrected chi connectivity index (χ4v) is 3.30. The van der Waals surface area contributed by atoms with Gasteiger partial charge in [-0.25, -0.2) is 0 Å². The summed E-state index contributed by atoms with van der Waals surface area (Å²) in [6.45, 7) is 9.43. The monoisotopic (exact) mass is 520 g/mol. The summed E-state index contributed by atoms with van der Waals surface area (Å²) < 4.78 is 16.5. The number of nitrogens with zero attached hydrogens (tertiary/aromatic N) is 2. The molecule has 166 valence electrons. The molecule has 0 bridgehead atoms. The Morgan fingerprint density at radius 1 is 1.14 bits per heavy atom. The van der Waals surface area contributed by atoms with E-state index >= 15 is 0 Å². The lowest BCUT2D eigenvalue weighted by molar-refractivity contribution is 0.0169. The van der Waals surface area contributed by atoms with Crippen molar-refractivity contribution in [1.82, 2.24) is 15.5 Å². The van der Waals surface area contributed by atoms with E-state index in [0.29, 0.717) is 5.92 Å². The fourth-order valence-electron chi connectivity index (χ4n) is 3.30. The van der Waals surface area contributed by atoms with E-state index in [-0.39, 0.29) is 30.0 Å². The predicted molar refractivity (Wildman–Crippen MR) is 129 cm³/mol. The molecule has 1 unspecified atom stereocenters. The van der Waals surface area contributed by atoms with Crippen LogP contribution in [-0.2, 0) is 4.74 Å². The van der Waals surface area contributed by atoms with E-state index in [1.165, 1.54) is 5.56 Å². The summed E-state index contributed by atoms with van der Waals surface area (Å²) in [5, 5.41) is 6.89. The predicted octanol–water partition coefficient (Wildman–Crippen LogP) is 2.91. The fraction of sp³-hybridized carbons (Fsp3) is 0.667. The van der Waals surface area contributed by atoms with Gasteiger partial charge in [0, 0.05) is 33.2 Å². The molecule has 0 aromatic heterocycles. The van der Waals surface area contributed by atoms with Crippen molar-refractivity contribution < 1.29 is 14.2 Å². The maximum absolute atomic E-state index is 5.55. The standard InChI is InChI=1S/C21H36N4O3.HI/c1-16(2)8-9-23-21(22-3)24-15-18(25-10-12-28-13-11-25)17-6-7-19(26-4)20(14-17)27-5;/h6-7,14,16,18H,8-13,15H2,1-5H3,(H2,22,23,24);1H. The van der Waals surface area contributed by atoms with Crippen LogP contribution in [0.1, 0.15) is 31.9 Å². The molecule has 29 heavy (non-hydrogen) atoms. The molecule has 7 nitrogen and oxygen atoms in total. The van der Waals surface area contributed by atoms with Crippen molar-refractivity contribution in [3.05, 3.63) is 23.8 Å². The zero-order valence-electron chi connectivity index (χ0n) is 18.4. The van der Waals surface area contributed by atoms with Gasteiger partial charge in [-0.1, -0.05) is 19.9 Å². The molecule has 1 aliphatic rings. The molecular weight excluding hydrogens is 483 g/mol. The first-order chi connectivity index (χ1) is 13.6. The number of halogens is 1. The second-order valence-corrected chi connectivity index (χ2v) is 7.34. The molecule has 1 aromatic carbocycles. The van der Waals surface area contributed by atoms with Crippen molar-refractivity contribution in [3.8, 4) is 11.5 Å². The number of benzene rings is 1. The maximum Gasteiger partial charge on any atom is 0.191 e. The highest BCUT2D eigenvalue weighted by molar-refractivity contribution is 14.0. The van der Waals surface area contributed by atoms with Gasteiger partial charge in [0.2, 0.25) is 0 Å². The first-order valence-corrected chi connectivity index (χ1v) is 10.1. The molecule has 0 aliphatic carbocycles. The van der Waals surface area contributed by atoms with Crippen LogP contribution >= 0.6 is 24.0 Å². The van der Waals surface area contributed by atoms with E-state index < -0.39 is 0 Å². The van der Waals surface area contributed by atoms with E-state index in [0.717, 1.165) is 63.3 Å². The van der Waals surface area contributed by atoms with Gasteiger partial charge in [0.1, 0.15) is 0 Å². The van der Waals surface area contributed by atoms with Gasteiger partial charge in [-0.2, -0.15) is 0 Å². The summed E-state index contributed by atoms with van der Waals surface area (Å²) in [6, 6.07) is 6.33. The van der Waals surface area contributed by atoms with Crippen LogP contribution in [0.15, 0.2) is 23.2 Å². The quantitative estimate of drug-likeness (QED) is 0.297. The number of nitrogens with one attached hydrogen (secondary N) is 2. The van der Waals surface area contributed by atoms with Crippen LogP contribution in [0.2, 0.25) is 0 Å². The molecular formula is C21H37IN4O3. The van der Waals surface area contributed by atoms with Crippen LogP contribution in [0, 0.1) is 5.92 Å². The van der Waals surface area contributed by atoms with Crippen molar-refractivity contribution in [2.24, 2.45) is 10.9 Å². The third-order valence-corrected chi connectivity index (χ3v) is 4.98. The van der Waals surface area contributed by atoms with Crippen molar-refractivity contribution in [3.63, 3.8) is 0 Å². The average Bonchev–Trinajstić information content (AvgIpc) is 2.72. The second-order valence-electron chi connectivity index (χ2n) is 7.34. The van der Waals surface area contributed by atoms with Gasteiger partial charge < -0.3 is 24.8 Å². The summed E-state index contributed by atoms with van der Waals surface area (Å²) in [5.41, 5.74) is 1.18. The number of aliphatic imine (C=N–C) groups is 1. The first kappa shape index (κ1) is 25.8. The number of ether oxygens (including phenoxy) is 3. The lowest BCUT2D eigenvalue weighted by atomic mass is 10.0. The lowest BCUT2D eigenvalue weighted by Crippen LogP contribution is -2.46. The van der Waals surface area contributed by atoms with Gasteiger partial charge in [0.25, 0.3) is 0 Å². The molecule has 1 saturated heterocycles. The molecule has 1 heterocycles. The van der Waals surface area contributed by atoms with Crippen molar-refractivity contribution >= 4 is 29.9 Å². The largest absolute Gasteiger partial charge is 0.493 e. The van der Waals surface area contributed by atoms with Crippen LogP contribution in [0.4, 0.5) is 0 Å². The number of hydrogen-bond donors (Lipinski definition) is 2. The third-order valence-electron chi connectivity index (χ3n) is 4.98. The topological polar surface area (TPSA) is 67.4 Å². The zero-order valence-corrected chi connectivity index (χ0v) is 20.7. The minimum absolute atomic E-state index is 0. The lowest BCUT2D eigenvalue weighted by Gasteiger charge is -2.35. The van der Waals surface area contributed by atoms with Crippen molar-refractivity contribution in [1.29, 1.82) is 0 Å². The van der Waals surface area contributed by atoms with E-state index in [2.05, 4.69) is 46.5 Å². The van der Waals surface area contributed by atoms with Gasteiger partial charge in [-0.15, -0.1) is 24.0 Å². The first-order valence-electron chi connectivity index (χ1n) is 10.1. The number of methoxy groups -OCH3 is 2. The molecule has 1 aliphatic heterocycles. The minimum Gasteiger partial charge on any atom is -0.493 e. The number of guanidine groups is 1. The van der Waals surface area contributed by atoms with E-state index in [9.17, 15) is 0 Å². The van der Waals surface area contributed by atoms with Crippen LogP contribution in [0.3, 0.4) is 0 Å². The van der Waals surface area contributed by atoms with Gasteiger partial charge in [-0.05, 0) is 30.0 Å².